The Hall–Kier alpha value is -2.13. The lowest BCUT2D eigenvalue weighted by Gasteiger charge is -2.25. The predicted molar refractivity (Wildman–Crippen MR) is 92.4 cm³/mol. The minimum Gasteiger partial charge on any atom is -0.733 e. The number of ether oxygens (including phenoxy) is 1. The van der Waals surface area contributed by atoms with Crippen LogP contribution in [-0.4, -0.2) is 26.2 Å². The Labute approximate surface area is 149 Å². The van der Waals surface area contributed by atoms with Gasteiger partial charge in [-0.3, -0.25) is 5.21 Å². The summed E-state index contributed by atoms with van der Waals surface area (Å²) in [6.07, 6.45) is 0. The first-order chi connectivity index (χ1) is 11.7. The van der Waals surface area contributed by atoms with Gasteiger partial charge in [0.2, 0.25) is 0 Å². The third-order valence-electron chi connectivity index (χ3n) is 3.32. The summed E-state index contributed by atoms with van der Waals surface area (Å²) in [6, 6.07) is 9.26. The molecule has 0 aromatic heterocycles. The maximum Gasteiger partial charge on any atom is 0.338 e. The van der Waals surface area contributed by atoms with E-state index in [-0.39, 0.29) is 28.3 Å². The van der Waals surface area contributed by atoms with Crippen LogP contribution in [0.15, 0.2) is 47.4 Å². The van der Waals surface area contributed by atoms with Crippen molar-refractivity contribution >= 4 is 33.1 Å². The van der Waals surface area contributed by atoms with Crippen molar-refractivity contribution in [1.82, 2.24) is 0 Å². The zero-order valence-electron chi connectivity index (χ0n) is 13.2. The molecule has 2 aromatic carbocycles. The Morgan fingerprint density at radius 3 is 2.44 bits per heavy atom. The fraction of sp³-hybridized carbons (Fsp3) is 0.188. The van der Waals surface area contributed by atoms with Crippen LogP contribution in [0.2, 0.25) is 5.02 Å². The molecule has 0 saturated heterocycles. The van der Waals surface area contributed by atoms with Gasteiger partial charge in [0.15, 0.2) is 9.84 Å². The van der Waals surface area contributed by atoms with Crippen LogP contribution < -0.4 is 5.23 Å². The summed E-state index contributed by atoms with van der Waals surface area (Å²) < 4.78 is 29.8. The Balaban J connectivity index is 2.38. The van der Waals surface area contributed by atoms with E-state index in [2.05, 4.69) is 0 Å². The number of anilines is 1. The van der Waals surface area contributed by atoms with Crippen LogP contribution in [0.25, 0.3) is 0 Å². The summed E-state index contributed by atoms with van der Waals surface area (Å²) >= 11 is 5.74. The molecular formula is C16H15ClNO6S-. The van der Waals surface area contributed by atoms with Gasteiger partial charge in [-0.15, -0.1) is 0 Å². The lowest BCUT2D eigenvalue weighted by atomic mass is 10.1. The number of hydrogen-bond donors (Lipinski definition) is 1. The third kappa shape index (κ3) is 4.70. The van der Waals surface area contributed by atoms with Gasteiger partial charge in [-0.2, -0.15) is 0 Å². The van der Waals surface area contributed by atoms with E-state index in [9.17, 15) is 23.6 Å². The largest absolute Gasteiger partial charge is 0.733 e. The third-order valence-corrected chi connectivity index (χ3v) is 5.25. The van der Waals surface area contributed by atoms with Gasteiger partial charge in [0.1, 0.15) is 0 Å². The van der Waals surface area contributed by atoms with Crippen LogP contribution in [-0.2, 0) is 20.3 Å². The number of esters is 1. The molecule has 0 spiro atoms. The van der Waals surface area contributed by atoms with Crippen molar-refractivity contribution in [3.8, 4) is 0 Å². The highest BCUT2D eigenvalue weighted by atomic mass is 35.5. The molecule has 0 bridgehead atoms. The summed E-state index contributed by atoms with van der Waals surface area (Å²) in [7, 11) is -3.78. The Bertz CT molecular complexity index is 865. The van der Waals surface area contributed by atoms with Gasteiger partial charge < -0.3 is 15.2 Å². The maximum absolute atomic E-state index is 12.5. The Kier molecular flexibility index (Phi) is 6.02. The molecule has 0 radical (unpaired) electrons. The topological polar surface area (TPSA) is 107 Å². The zero-order valence-corrected chi connectivity index (χ0v) is 14.7. The molecule has 0 saturated carbocycles. The van der Waals surface area contributed by atoms with Crippen molar-refractivity contribution in [2.75, 3.05) is 11.8 Å². The van der Waals surface area contributed by atoms with Crippen molar-refractivity contribution in [2.24, 2.45) is 0 Å². The van der Waals surface area contributed by atoms with Crippen LogP contribution in [0.3, 0.4) is 0 Å². The van der Waals surface area contributed by atoms with E-state index in [0.717, 1.165) is 6.07 Å². The lowest BCUT2D eigenvalue weighted by molar-refractivity contribution is 0.0526. The van der Waals surface area contributed by atoms with Crippen molar-refractivity contribution in [2.45, 2.75) is 17.6 Å². The van der Waals surface area contributed by atoms with Crippen molar-refractivity contribution in [1.29, 1.82) is 0 Å². The number of halogens is 1. The number of hydrogen-bond acceptors (Lipinski definition) is 7. The highest BCUT2D eigenvalue weighted by Gasteiger charge is 2.19. The summed E-state index contributed by atoms with van der Waals surface area (Å²) in [5.74, 6) is -1.22. The number of carbonyl (C=O) groups is 1. The molecule has 0 aliphatic heterocycles. The molecule has 0 aliphatic carbocycles. The van der Waals surface area contributed by atoms with Gasteiger partial charge in [-0.25, -0.2) is 13.2 Å². The van der Waals surface area contributed by atoms with E-state index in [4.69, 9.17) is 16.3 Å². The van der Waals surface area contributed by atoms with Gasteiger partial charge in [-0.1, -0.05) is 17.7 Å². The van der Waals surface area contributed by atoms with E-state index in [1.165, 1.54) is 36.4 Å². The molecule has 0 atom stereocenters. The number of carbonyl (C=O) groups excluding carboxylic acids is 1. The molecule has 0 amide bonds. The second kappa shape index (κ2) is 7.83. The summed E-state index contributed by atoms with van der Waals surface area (Å²) in [6.45, 7) is 1.76. The van der Waals surface area contributed by atoms with Crippen LogP contribution in [0, 0.1) is 5.21 Å². The number of rotatable bonds is 6. The molecule has 0 fully saturated rings. The molecule has 7 nitrogen and oxygen atoms in total. The molecule has 0 unspecified atom stereocenters. The summed E-state index contributed by atoms with van der Waals surface area (Å²) in [4.78, 5) is 11.7. The van der Waals surface area contributed by atoms with E-state index < -0.39 is 26.8 Å². The van der Waals surface area contributed by atoms with E-state index >= 15 is 0 Å². The molecule has 1 N–H and O–H groups in total. The molecule has 134 valence electrons. The first kappa shape index (κ1) is 19.2. The minimum absolute atomic E-state index is 0.0210. The van der Waals surface area contributed by atoms with Crippen LogP contribution in [0.1, 0.15) is 22.8 Å². The average Bonchev–Trinajstić information content (AvgIpc) is 2.55. The minimum atomic E-state index is -3.78. The average molecular weight is 385 g/mol. The molecule has 2 rings (SSSR count). The normalized spacial score (nSPS) is 11.2. The van der Waals surface area contributed by atoms with Crippen LogP contribution >= 0.6 is 11.6 Å². The summed E-state index contributed by atoms with van der Waals surface area (Å²) in [5, 5.41) is 20.5. The number of benzene rings is 2. The highest BCUT2D eigenvalue weighted by molar-refractivity contribution is 7.90. The Morgan fingerprint density at radius 1 is 1.24 bits per heavy atom. The van der Waals surface area contributed by atoms with Crippen molar-refractivity contribution in [3.05, 3.63) is 63.8 Å². The van der Waals surface area contributed by atoms with Gasteiger partial charge in [-0.05, 0) is 48.9 Å². The molecule has 9 heteroatoms. The lowest BCUT2D eigenvalue weighted by Crippen LogP contribution is -2.15. The predicted octanol–water partition coefficient (Wildman–Crippen LogP) is 3.18. The van der Waals surface area contributed by atoms with Gasteiger partial charge >= 0.3 is 5.97 Å². The SMILES string of the molecule is CCOC(=O)c1ccc(CS(=O)(=O)c2ccc(Cl)cc2)c(N([O-])O)c1. The second-order valence-corrected chi connectivity index (χ2v) is 7.48. The quantitative estimate of drug-likeness (QED) is 0.601. The second-order valence-electron chi connectivity index (χ2n) is 5.05. The van der Waals surface area contributed by atoms with Gasteiger partial charge in [0, 0.05) is 5.02 Å². The maximum atomic E-state index is 12.5. The van der Waals surface area contributed by atoms with Crippen molar-refractivity contribution < 1.29 is 23.2 Å². The fourth-order valence-electron chi connectivity index (χ4n) is 2.14. The molecule has 0 aliphatic rings. The zero-order chi connectivity index (χ0) is 18.6. The van der Waals surface area contributed by atoms with E-state index in [1.54, 1.807) is 6.92 Å². The first-order valence-corrected chi connectivity index (χ1v) is 9.22. The van der Waals surface area contributed by atoms with Gasteiger partial charge in [0.05, 0.1) is 28.5 Å². The summed E-state index contributed by atoms with van der Waals surface area (Å²) in [5.41, 5.74) is -0.275. The van der Waals surface area contributed by atoms with E-state index in [0.29, 0.717) is 5.02 Å². The van der Waals surface area contributed by atoms with Gasteiger partial charge in [0.25, 0.3) is 0 Å². The monoisotopic (exact) mass is 384 g/mol. The van der Waals surface area contributed by atoms with Crippen LogP contribution in [0.4, 0.5) is 5.69 Å². The number of sulfone groups is 1. The molecule has 0 heterocycles. The molecular weight excluding hydrogens is 370 g/mol. The van der Waals surface area contributed by atoms with E-state index in [1.807, 2.05) is 0 Å². The Morgan fingerprint density at radius 2 is 1.88 bits per heavy atom. The van der Waals surface area contributed by atoms with Crippen LogP contribution in [0.5, 0.6) is 0 Å². The molecule has 2 aromatic rings. The number of nitrogens with zero attached hydrogens (tertiary/aromatic N) is 1. The van der Waals surface area contributed by atoms with Crippen molar-refractivity contribution in [3.63, 3.8) is 0 Å². The fourth-order valence-corrected chi connectivity index (χ4v) is 3.63. The highest BCUT2D eigenvalue weighted by Crippen LogP contribution is 2.26. The standard InChI is InChI=1S/C16H15ClNO6S/c1-2-24-16(19)11-3-4-12(15(9-11)18(20)21)10-25(22,23)14-7-5-13(17)6-8-14/h3-9,20H,2,10H2,1H3/q-1. The first-order valence-electron chi connectivity index (χ1n) is 7.19. The molecule has 25 heavy (non-hydrogen) atoms. The smallest absolute Gasteiger partial charge is 0.338 e.